The number of carbonyl (C=O) groups excluding carboxylic acids is 4. The van der Waals surface area contributed by atoms with Crippen LogP contribution < -0.4 is 5.32 Å². The van der Waals surface area contributed by atoms with Crippen molar-refractivity contribution in [1.82, 2.24) is 5.32 Å². The molecular weight excluding hydrogens is 406 g/mol. The maximum absolute atomic E-state index is 12.7. The largest absolute Gasteiger partial charge is 0.460 e. The number of Topliss-reactive ketones (excluding diaryl/α,β-unsaturated/α-hetero) is 2. The molecule has 2 aromatic carbocycles. The Kier molecular flexibility index (Phi) is 8.70. The number of carbonyl (C=O) groups is 4. The van der Waals surface area contributed by atoms with Crippen molar-refractivity contribution >= 4 is 34.2 Å². The lowest BCUT2D eigenvalue weighted by Gasteiger charge is -2.22. The van der Waals surface area contributed by atoms with Gasteiger partial charge >= 0.3 is 5.97 Å². The Balaban J connectivity index is 1.97. The van der Waals surface area contributed by atoms with Crippen LogP contribution in [0.1, 0.15) is 59.4 Å². The maximum Gasteiger partial charge on any atom is 0.307 e. The van der Waals surface area contributed by atoms with Crippen molar-refractivity contribution in [3.63, 3.8) is 0 Å². The molecule has 2 rings (SSSR count). The molecule has 0 aliphatic rings. The quantitative estimate of drug-likeness (QED) is 0.561. The van der Waals surface area contributed by atoms with Crippen LogP contribution in [-0.2, 0) is 30.3 Å². The molecule has 32 heavy (non-hydrogen) atoms. The molecule has 1 amide bonds. The van der Waals surface area contributed by atoms with Gasteiger partial charge in [0.2, 0.25) is 5.91 Å². The van der Waals surface area contributed by atoms with Gasteiger partial charge in [-0.3, -0.25) is 14.4 Å². The first kappa shape index (κ1) is 25.2. The topological polar surface area (TPSA) is 89.5 Å². The molecule has 2 atom stereocenters. The average Bonchev–Trinajstić information content (AvgIpc) is 2.69. The molecule has 0 fully saturated rings. The number of hydrogen-bond donors (Lipinski definition) is 1. The van der Waals surface area contributed by atoms with Crippen LogP contribution in [0.2, 0.25) is 0 Å². The van der Waals surface area contributed by atoms with Crippen LogP contribution in [-0.4, -0.2) is 35.1 Å². The van der Waals surface area contributed by atoms with Crippen molar-refractivity contribution < 1.29 is 23.9 Å². The Bertz CT molecular complexity index is 984. The molecular formula is C26H33NO5. The smallest absolute Gasteiger partial charge is 0.307 e. The van der Waals surface area contributed by atoms with Gasteiger partial charge in [0.15, 0.2) is 5.78 Å². The van der Waals surface area contributed by atoms with Gasteiger partial charge < -0.3 is 14.8 Å². The number of ether oxygens (including phenoxy) is 1. The minimum absolute atomic E-state index is 0.0814. The first-order valence-corrected chi connectivity index (χ1v) is 11.0. The number of rotatable bonds is 10. The highest BCUT2D eigenvalue weighted by Gasteiger charge is 2.28. The fraction of sp³-hybridized carbons (Fsp3) is 0.462. The molecule has 172 valence electrons. The number of fused-ring (bicyclic) bond motifs is 1. The van der Waals surface area contributed by atoms with Crippen molar-refractivity contribution in [2.24, 2.45) is 5.92 Å². The second-order valence-corrected chi connectivity index (χ2v) is 9.23. The first-order valence-electron chi connectivity index (χ1n) is 11.0. The summed E-state index contributed by atoms with van der Waals surface area (Å²) in [5.74, 6) is -2.21. The Hall–Kier alpha value is -3.02. The van der Waals surface area contributed by atoms with E-state index in [2.05, 4.69) is 5.32 Å². The summed E-state index contributed by atoms with van der Waals surface area (Å²) < 4.78 is 5.28. The molecule has 0 radical (unpaired) electrons. The number of hydrogen-bond acceptors (Lipinski definition) is 5. The first-order chi connectivity index (χ1) is 15.0. The van der Waals surface area contributed by atoms with Crippen LogP contribution in [0.15, 0.2) is 42.5 Å². The third kappa shape index (κ3) is 7.91. The molecule has 0 unspecified atom stereocenters. The predicted molar refractivity (Wildman–Crippen MR) is 124 cm³/mol. The van der Waals surface area contributed by atoms with Crippen molar-refractivity contribution in [2.45, 2.75) is 71.9 Å². The minimum atomic E-state index is -0.865. The lowest BCUT2D eigenvalue weighted by atomic mass is 9.96. The number of nitrogens with one attached hydrogen (secondary N) is 1. The van der Waals surface area contributed by atoms with E-state index in [1.807, 2.05) is 42.5 Å². The summed E-state index contributed by atoms with van der Waals surface area (Å²) in [7, 11) is 0. The van der Waals surface area contributed by atoms with E-state index in [9.17, 15) is 19.2 Å². The Morgan fingerprint density at radius 3 is 2.28 bits per heavy atom. The molecule has 0 spiro atoms. The lowest BCUT2D eigenvalue weighted by Crippen LogP contribution is -2.43. The predicted octanol–water partition coefficient (Wildman–Crippen LogP) is 4.17. The molecule has 2 aromatic rings. The van der Waals surface area contributed by atoms with E-state index in [0.717, 1.165) is 16.3 Å². The monoisotopic (exact) mass is 439 g/mol. The van der Waals surface area contributed by atoms with Crippen molar-refractivity contribution in [3.8, 4) is 0 Å². The average molecular weight is 440 g/mol. The normalized spacial score (nSPS) is 13.3. The van der Waals surface area contributed by atoms with Gasteiger partial charge in [0.25, 0.3) is 0 Å². The number of benzene rings is 2. The van der Waals surface area contributed by atoms with Crippen LogP contribution >= 0.6 is 0 Å². The van der Waals surface area contributed by atoms with Gasteiger partial charge in [0.05, 0.1) is 18.4 Å². The molecule has 0 bridgehead atoms. The fourth-order valence-electron chi connectivity index (χ4n) is 3.59. The highest BCUT2D eigenvalue weighted by atomic mass is 16.6. The summed E-state index contributed by atoms with van der Waals surface area (Å²) >= 11 is 0. The summed E-state index contributed by atoms with van der Waals surface area (Å²) in [6.45, 7) is 8.21. The van der Waals surface area contributed by atoms with E-state index in [1.54, 1.807) is 27.7 Å². The van der Waals surface area contributed by atoms with Gasteiger partial charge in [0.1, 0.15) is 11.4 Å². The van der Waals surface area contributed by atoms with Gasteiger partial charge in [-0.15, -0.1) is 0 Å². The second kappa shape index (κ2) is 11.0. The van der Waals surface area contributed by atoms with Gasteiger partial charge in [-0.1, -0.05) is 42.5 Å². The summed E-state index contributed by atoms with van der Waals surface area (Å²) in [4.78, 5) is 49.2. The number of aryl methyl sites for hydroxylation is 1. The second-order valence-electron chi connectivity index (χ2n) is 9.23. The highest BCUT2D eigenvalue weighted by molar-refractivity contribution is 5.93. The van der Waals surface area contributed by atoms with E-state index >= 15 is 0 Å². The Labute approximate surface area is 189 Å². The standard InChI is InChI=1S/C26H33NO5/c1-17(28)15-21(16-24(30)32-26(3,4)5)25(31)27-18(2)23(29)14-13-20-11-8-10-19-9-6-7-12-22(19)20/h6-12,18,21H,13-16H2,1-5H3,(H,27,31)/t18-,21+/m0/s1. The summed E-state index contributed by atoms with van der Waals surface area (Å²) in [6.07, 6.45) is 0.551. The molecule has 0 aromatic heterocycles. The fourth-order valence-corrected chi connectivity index (χ4v) is 3.59. The summed E-state index contributed by atoms with van der Waals surface area (Å²) in [5.41, 5.74) is 0.397. The van der Waals surface area contributed by atoms with Gasteiger partial charge in [-0.2, -0.15) is 0 Å². The molecule has 6 heteroatoms. The SMILES string of the molecule is CC(=O)C[C@H](CC(=O)OC(C)(C)C)C(=O)N[C@@H](C)C(=O)CCc1cccc2ccccc12. The third-order valence-corrected chi connectivity index (χ3v) is 5.10. The highest BCUT2D eigenvalue weighted by Crippen LogP contribution is 2.20. The molecule has 0 heterocycles. The number of ketones is 2. The third-order valence-electron chi connectivity index (χ3n) is 5.10. The Morgan fingerprint density at radius 2 is 1.62 bits per heavy atom. The van der Waals surface area contributed by atoms with Crippen LogP contribution in [0.3, 0.4) is 0 Å². The zero-order chi connectivity index (χ0) is 23.9. The molecule has 0 saturated carbocycles. The molecule has 0 aliphatic carbocycles. The number of esters is 1. The van der Waals surface area contributed by atoms with Crippen LogP contribution in [0.25, 0.3) is 10.8 Å². The van der Waals surface area contributed by atoms with Crippen molar-refractivity contribution in [2.75, 3.05) is 0 Å². The molecule has 1 N–H and O–H groups in total. The minimum Gasteiger partial charge on any atom is -0.460 e. The van der Waals surface area contributed by atoms with Gasteiger partial charge in [-0.05, 0) is 57.4 Å². The lowest BCUT2D eigenvalue weighted by molar-refractivity contribution is -0.157. The Morgan fingerprint density at radius 1 is 0.969 bits per heavy atom. The molecule has 0 saturated heterocycles. The summed E-state index contributed by atoms with van der Waals surface area (Å²) in [6, 6.07) is 13.3. The summed E-state index contributed by atoms with van der Waals surface area (Å²) in [5, 5.41) is 4.91. The molecule has 6 nitrogen and oxygen atoms in total. The zero-order valence-electron chi connectivity index (χ0n) is 19.6. The van der Waals surface area contributed by atoms with Crippen LogP contribution in [0.4, 0.5) is 0 Å². The van der Waals surface area contributed by atoms with Gasteiger partial charge in [-0.25, -0.2) is 0 Å². The maximum atomic E-state index is 12.7. The molecule has 0 aliphatic heterocycles. The number of amides is 1. The van der Waals surface area contributed by atoms with E-state index in [1.165, 1.54) is 6.92 Å². The zero-order valence-corrected chi connectivity index (χ0v) is 19.6. The van der Waals surface area contributed by atoms with Crippen molar-refractivity contribution in [1.29, 1.82) is 0 Å². The van der Waals surface area contributed by atoms with E-state index < -0.39 is 29.4 Å². The van der Waals surface area contributed by atoms with E-state index in [4.69, 9.17) is 4.74 Å². The van der Waals surface area contributed by atoms with E-state index in [0.29, 0.717) is 6.42 Å². The van der Waals surface area contributed by atoms with Crippen LogP contribution in [0.5, 0.6) is 0 Å². The van der Waals surface area contributed by atoms with Crippen LogP contribution in [0, 0.1) is 5.92 Å². The van der Waals surface area contributed by atoms with Gasteiger partial charge in [0, 0.05) is 12.8 Å². The van der Waals surface area contributed by atoms with Crippen molar-refractivity contribution in [3.05, 3.63) is 48.0 Å². The van der Waals surface area contributed by atoms with E-state index in [-0.39, 0.29) is 30.8 Å².